The Kier molecular flexibility index (Phi) is 3.69. The van der Waals surface area contributed by atoms with E-state index in [4.69, 9.17) is 4.52 Å². The highest BCUT2D eigenvalue weighted by Gasteiger charge is 2.24. The molecular formula is C11H7F2N3O4. The minimum absolute atomic E-state index is 0.109. The summed E-state index contributed by atoms with van der Waals surface area (Å²) in [5.41, 5.74) is -1.86. The van der Waals surface area contributed by atoms with Gasteiger partial charge in [0.25, 0.3) is 5.91 Å². The third kappa shape index (κ3) is 2.76. The number of halogens is 2. The summed E-state index contributed by atoms with van der Waals surface area (Å²) in [6, 6.07) is 2.45. The molecule has 1 heterocycles. The summed E-state index contributed by atoms with van der Waals surface area (Å²) >= 11 is 0. The lowest BCUT2D eigenvalue weighted by Crippen LogP contribution is -2.24. The lowest BCUT2D eigenvalue weighted by Gasteiger charge is -2.05. The van der Waals surface area contributed by atoms with Crippen LogP contribution in [0.25, 0.3) is 0 Å². The van der Waals surface area contributed by atoms with Gasteiger partial charge < -0.3 is 9.84 Å². The molecule has 0 aliphatic rings. The standard InChI is InChI=1S/C11H7F2N3O4/c12-6-3-8(10(13)9(4-6)16(18)19)11(17)14-5-7-1-2-15-20-7/h1-4H,5H2,(H,14,17). The highest BCUT2D eigenvalue weighted by molar-refractivity contribution is 5.95. The van der Waals surface area contributed by atoms with Gasteiger partial charge in [0.1, 0.15) is 5.82 Å². The molecule has 1 amide bonds. The Balaban J connectivity index is 2.23. The molecule has 0 atom stereocenters. The fourth-order valence-corrected chi connectivity index (χ4v) is 1.47. The Hall–Kier alpha value is -2.84. The van der Waals surface area contributed by atoms with E-state index in [1.165, 1.54) is 12.3 Å². The van der Waals surface area contributed by atoms with Crippen molar-refractivity contribution in [2.45, 2.75) is 6.54 Å². The van der Waals surface area contributed by atoms with Gasteiger partial charge in [-0.1, -0.05) is 5.16 Å². The van der Waals surface area contributed by atoms with Gasteiger partial charge in [-0.2, -0.15) is 4.39 Å². The molecule has 0 radical (unpaired) electrons. The number of hydrogen-bond acceptors (Lipinski definition) is 5. The zero-order valence-electron chi connectivity index (χ0n) is 9.80. The van der Waals surface area contributed by atoms with Crippen LogP contribution < -0.4 is 5.32 Å². The van der Waals surface area contributed by atoms with Crippen molar-refractivity contribution in [1.82, 2.24) is 10.5 Å². The molecule has 1 aromatic heterocycles. The second-order valence-electron chi connectivity index (χ2n) is 3.70. The van der Waals surface area contributed by atoms with Gasteiger partial charge in [-0.05, 0) is 6.07 Å². The van der Waals surface area contributed by atoms with Gasteiger partial charge in [0.05, 0.1) is 29.3 Å². The molecule has 0 fully saturated rings. The minimum atomic E-state index is -1.40. The maximum absolute atomic E-state index is 13.7. The number of rotatable bonds is 4. The van der Waals surface area contributed by atoms with Crippen molar-refractivity contribution in [1.29, 1.82) is 0 Å². The topological polar surface area (TPSA) is 98.3 Å². The Morgan fingerprint density at radius 2 is 2.20 bits per heavy atom. The molecule has 9 heteroatoms. The molecule has 1 N–H and O–H groups in total. The number of benzene rings is 1. The van der Waals surface area contributed by atoms with E-state index in [1.807, 2.05) is 0 Å². The normalized spacial score (nSPS) is 10.3. The van der Waals surface area contributed by atoms with Crippen LogP contribution in [0.3, 0.4) is 0 Å². The van der Waals surface area contributed by atoms with Gasteiger partial charge in [-0.25, -0.2) is 4.39 Å². The third-order valence-corrected chi connectivity index (χ3v) is 2.37. The van der Waals surface area contributed by atoms with Crippen LogP contribution in [0.4, 0.5) is 14.5 Å². The molecule has 0 saturated heterocycles. The van der Waals surface area contributed by atoms with Crippen LogP contribution in [0.15, 0.2) is 28.9 Å². The molecule has 0 aliphatic carbocycles. The quantitative estimate of drug-likeness (QED) is 0.681. The van der Waals surface area contributed by atoms with E-state index in [1.54, 1.807) is 0 Å². The van der Waals surface area contributed by atoms with Crippen LogP contribution in [0, 0.1) is 21.7 Å². The number of amides is 1. The molecule has 2 rings (SSSR count). The number of nitrogens with zero attached hydrogens (tertiary/aromatic N) is 2. The van der Waals surface area contributed by atoms with E-state index in [9.17, 15) is 23.7 Å². The monoisotopic (exact) mass is 283 g/mol. The van der Waals surface area contributed by atoms with Crippen molar-refractivity contribution in [3.05, 3.63) is 57.5 Å². The van der Waals surface area contributed by atoms with E-state index in [2.05, 4.69) is 10.5 Å². The Morgan fingerprint density at radius 3 is 2.80 bits per heavy atom. The second-order valence-corrected chi connectivity index (χ2v) is 3.70. The van der Waals surface area contributed by atoms with Crippen molar-refractivity contribution < 1.29 is 23.0 Å². The van der Waals surface area contributed by atoms with Gasteiger partial charge in [0.2, 0.25) is 5.82 Å². The summed E-state index contributed by atoms with van der Waals surface area (Å²) in [6.45, 7) is -0.109. The summed E-state index contributed by atoms with van der Waals surface area (Å²) in [5, 5.41) is 16.2. The molecule has 0 saturated carbocycles. The van der Waals surface area contributed by atoms with Gasteiger partial charge in [-0.15, -0.1) is 0 Å². The van der Waals surface area contributed by atoms with Crippen molar-refractivity contribution in [2.75, 3.05) is 0 Å². The molecular weight excluding hydrogens is 276 g/mol. The van der Waals surface area contributed by atoms with Crippen LogP contribution >= 0.6 is 0 Å². The number of nitrogens with one attached hydrogen (secondary N) is 1. The lowest BCUT2D eigenvalue weighted by molar-refractivity contribution is -0.387. The smallest absolute Gasteiger partial charge is 0.308 e. The molecule has 20 heavy (non-hydrogen) atoms. The number of hydrogen-bond donors (Lipinski definition) is 1. The Bertz CT molecular complexity index is 658. The predicted molar refractivity (Wildman–Crippen MR) is 60.7 cm³/mol. The van der Waals surface area contributed by atoms with Crippen LogP contribution in [0.1, 0.15) is 16.1 Å². The van der Waals surface area contributed by atoms with E-state index >= 15 is 0 Å². The van der Waals surface area contributed by atoms with Crippen LogP contribution in [-0.4, -0.2) is 16.0 Å². The molecule has 1 aromatic carbocycles. The second kappa shape index (κ2) is 5.43. The van der Waals surface area contributed by atoms with Crippen LogP contribution in [0.2, 0.25) is 0 Å². The highest BCUT2D eigenvalue weighted by atomic mass is 19.1. The van der Waals surface area contributed by atoms with Crippen LogP contribution in [-0.2, 0) is 6.54 Å². The van der Waals surface area contributed by atoms with E-state index < -0.39 is 33.7 Å². The minimum Gasteiger partial charge on any atom is -0.360 e. The van der Waals surface area contributed by atoms with Crippen molar-refractivity contribution in [3.8, 4) is 0 Å². The Labute approximate surface area is 110 Å². The van der Waals surface area contributed by atoms with Gasteiger partial charge in [0.15, 0.2) is 5.76 Å². The molecule has 0 aliphatic heterocycles. The molecule has 0 bridgehead atoms. The van der Waals surface area contributed by atoms with E-state index in [0.29, 0.717) is 17.9 Å². The summed E-state index contributed by atoms with van der Waals surface area (Å²) in [7, 11) is 0. The third-order valence-electron chi connectivity index (χ3n) is 2.37. The molecule has 7 nitrogen and oxygen atoms in total. The maximum atomic E-state index is 13.7. The van der Waals surface area contributed by atoms with Crippen molar-refractivity contribution >= 4 is 11.6 Å². The average Bonchev–Trinajstić information content (AvgIpc) is 2.91. The zero-order valence-corrected chi connectivity index (χ0v) is 9.80. The number of nitro groups is 1. The van der Waals surface area contributed by atoms with E-state index in [0.717, 1.165) is 0 Å². The largest absolute Gasteiger partial charge is 0.360 e. The first-order valence-electron chi connectivity index (χ1n) is 5.30. The van der Waals surface area contributed by atoms with Crippen molar-refractivity contribution in [2.24, 2.45) is 0 Å². The predicted octanol–water partition coefficient (Wildman–Crippen LogP) is 1.79. The average molecular weight is 283 g/mol. The number of nitro benzene ring substituents is 1. The zero-order chi connectivity index (χ0) is 14.7. The summed E-state index contributed by atoms with van der Waals surface area (Å²) in [5.74, 6) is -3.18. The van der Waals surface area contributed by atoms with Gasteiger partial charge in [-0.3, -0.25) is 14.9 Å². The first-order valence-corrected chi connectivity index (χ1v) is 5.30. The molecule has 104 valence electrons. The first-order chi connectivity index (χ1) is 9.49. The van der Waals surface area contributed by atoms with E-state index in [-0.39, 0.29) is 6.54 Å². The summed E-state index contributed by atoms with van der Waals surface area (Å²) < 4.78 is 31.6. The highest BCUT2D eigenvalue weighted by Crippen LogP contribution is 2.22. The SMILES string of the molecule is O=C(NCc1ccno1)c1cc(F)cc([N+](=O)[O-])c1F. The van der Waals surface area contributed by atoms with Crippen LogP contribution in [0.5, 0.6) is 0 Å². The number of aromatic nitrogens is 1. The Morgan fingerprint density at radius 1 is 1.45 bits per heavy atom. The summed E-state index contributed by atoms with van der Waals surface area (Å²) in [6.07, 6.45) is 1.34. The first kappa shape index (κ1) is 13.6. The molecule has 2 aromatic rings. The molecule has 0 unspecified atom stereocenters. The number of carbonyl (C=O) groups is 1. The fourth-order valence-electron chi connectivity index (χ4n) is 1.47. The van der Waals surface area contributed by atoms with Gasteiger partial charge >= 0.3 is 5.69 Å². The fraction of sp³-hybridized carbons (Fsp3) is 0.0909. The molecule has 0 spiro atoms. The van der Waals surface area contributed by atoms with Crippen molar-refractivity contribution in [3.63, 3.8) is 0 Å². The number of carbonyl (C=O) groups excluding carboxylic acids is 1. The maximum Gasteiger partial charge on any atom is 0.308 e. The lowest BCUT2D eigenvalue weighted by atomic mass is 10.1. The summed E-state index contributed by atoms with van der Waals surface area (Å²) in [4.78, 5) is 21.1. The van der Waals surface area contributed by atoms with Gasteiger partial charge in [0, 0.05) is 6.07 Å².